The average Bonchev–Trinajstić information content (AvgIpc) is 3.18. The van der Waals surface area contributed by atoms with E-state index in [1.54, 1.807) is 17.6 Å². The Bertz CT molecular complexity index is 959. The summed E-state index contributed by atoms with van der Waals surface area (Å²) >= 11 is 13.8. The molecule has 0 aliphatic carbocycles. The SMILES string of the molecule is O=C(CN1CCN(c2ccc3c(Cl)ccc(Cl)c3n2)CC1)Nc1nncs1. The van der Waals surface area contributed by atoms with Crippen LogP contribution in [0, 0.1) is 0 Å². The second-order valence-electron chi connectivity index (χ2n) is 6.15. The molecule has 27 heavy (non-hydrogen) atoms. The van der Waals surface area contributed by atoms with Crippen molar-refractivity contribution >= 4 is 62.3 Å². The second-order valence-corrected chi connectivity index (χ2v) is 7.80. The van der Waals surface area contributed by atoms with Crippen molar-refractivity contribution in [2.45, 2.75) is 0 Å². The maximum Gasteiger partial charge on any atom is 0.240 e. The number of hydrogen-bond donors (Lipinski definition) is 1. The van der Waals surface area contributed by atoms with E-state index in [9.17, 15) is 4.79 Å². The number of benzene rings is 1. The van der Waals surface area contributed by atoms with E-state index in [0.717, 1.165) is 37.4 Å². The van der Waals surface area contributed by atoms with Crippen LogP contribution in [0.15, 0.2) is 29.8 Å². The Kier molecular flexibility index (Phi) is 5.40. The van der Waals surface area contributed by atoms with Crippen molar-refractivity contribution in [3.8, 4) is 0 Å². The number of aromatic nitrogens is 3. The van der Waals surface area contributed by atoms with Crippen molar-refractivity contribution in [1.29, 1.82) is 0 Å². The maximum atomic E-state index is 12.1. The molecule has 1 aliphatic heterocycles. The Hall–Kier alpha value is -2.00. The number of carbonyl (C=O) groups is 1. The third kappa shape index (κ3) is 4.14. The van der Waals surface area contributed by atoms with Gasteiger partial charge in [-0.2, -0.15) is 0 Å². The molecule has 1 aromatic carbocycles. The molecule has 0 unspecified atom stereocenters. The van der Waals surface area contributed by atoms with Crippen LogP contribution in [-0.2, 0) is 4.79 Å². The molecule has 1 amide bonds. The van der Waals surface area contributed by atoms with E-state index in [0.29, 0.717) is 27.2 Å². The van der Waals surface area contributed by atoms with Gasteiger partial charge in [-0.25, -0.2) is 4.98 Å². The molecule has 10 heteroatoms. The van der Waals surface area contributed by atoms with Gasteiger partial charge in [-0.05, 0) is 24.3 Å². The summed E-state index contributed by atoms with van der Waals surface area (Å²) in [5.41, 5.74) is 2.30. The molecule has 4 rings (SSSR count). The van der Waals surface area contributed by atoms with Gasteiger partial charge in [0.15, 0.2) is 0 Å². The highest BCUT2D eigenvalue weighted by molar-refractivity contribution is 7.13. The normalized spacial score (nSPS) is 15.3. The molecular weight excluding hydrogens is 407 g/mol. The number of fused-ring (bicyclic) bond motifs is 1. The van der Waals surface area contributed by atoms with Gasteiger partial charge in [0.25, 0.3) is 0 Å². The third-order valence-corrected chi connectivity index (χ3v) is 5.65. The van der Waals surface area contributed by atoms with Crippen LogP contribution in [0.4, 0.5) is 10.9 Å². The fraction of sp³-hybridized carbons (Fsp3) is 0.294. The molecule has 0 spiro atoms. The van der Waals surface area contributed by atoms with Crippen LogP contribution in [-0.4, -0.2) is 58.7 Å². The number of rotatable bonds is 4. The van der Waals surface area contributed by atoms with Crippen LogP contribution in [0.1, 0.15) is 0 Å². The van der Waals surface area contributed by atoms with Crippen molar-refractivity contribution < 1.29 is 4.79 Å². The minimum atomic E-state index is -0.0783. The van der Waals surface area contributed by atoms with Crippen LogP contribution in [0.25, 0.3) is 10.9 Å². The standard InChI is InChI=1S/C17H16Cl2N6OS/c18-12-2-3-13(19)16-11(12)1-4-14(21-16)25-7-5-24(6-8-25)9-15(26)22-17-23-20-10-27-17/h1-4,10H,5-9H2,(H,22,23,26). The summed E-state index contributed by atoms with van der Waals surface area (Å²) < 4.78 is 0. The largest absolute Gasteiger partial charge is 0.354 e. The van der Waals surface area contributed by atoms with Crippen LogP contribution >= 0.6 is 34.5 Å². The fourth-order valence-electron chi connectivity index (χ4n) is 3.04. The van der Waals surface area contributed by atoms with E-state index in [1.165, 1.54) is 11.3 Å². The maximum absolute atomic E-state index is 12.1. The topological polar surface area (TPSA) is 74.2 Å². The lowest BCUT2D eigenvalue weighted by Crippen LogP contribution is -2.48. The van der Waals surface area contributed by atoms with Crippen LogP contribution in [0.5, 0.6) is 0 Å². The van der Waals surface area contributed by atoms with Gasteiger partial charge in [0.2, 0.25) is 11.0 Å². The molecule has 1 fully saturated rings. The number of pyridine rings is 1. The molecule has 0 bridgehead atoms. The number of hydrogen-bond acceptors (Lipinski definition) is 7. The van der Waals surface area contributed by atoms with Crippen LogP contribution in [0.2, 0.25) is 10.0 Å². The lowest BCUT2D eigenvalue weighted by molar-refractivity contribution is -0.117. The van der Waals surface area contributed by atoms with E-state index in [-0.39, 0.29) is 5.91 Å². The highest BCUT2D eigenvalue weighted by Gasteiger charge is 2.21. The summed E-state index contributed by atoms with van der Waals surface area (Å²) in [6, 6.07) is 7.45. The molecule has 1 saturated heterocycles. The molecule has 3 heterocycles. The van der Waals surface area contributed by atoms with E-state index < -0.39 is 0 Å². The Morgan fingerprint density at radius 3 is 2.63 bits per heavy atom. The van der Waals surface area contributed by atoms with Crippen molar-refractivity contribution in [1.82, 2.24) is 20.1 Å². The zero-order chi connectivity index (χ0) is 18.8. The van der Waals surface area contributed by atoms with Gasteiger partial charge in [-0.1, -0.05) is 34.5 Å². The molecular formula is C17H16Cl2N6OS. The number of amides is 1. The monoisotopic (exact) mass is 422 g/mol. The molecule has 0 saturated carbocycles. The summed E-state index contributed by atoms with van der Waals surface area (Å²) in [7, 11) is 0. The van der Waals surface area contributed by atoms with E-state index in [1.807, 2.05) is 12.1 Å². The lowest BCUT2D eigenvalue weighted by atomic mass is 10.2. The van der Waals surface area contributed by atoms with Gasteiger partial charge >= 0.3 is 0 Å². The molecule has 0 radical (unpaired) electrons. The van der Waals surface area contributed by atoms with E-state index in [4.69, 9.17) is 28.2 Å². The minimum Gasteiger partial charge on any atom is -0.354 e. The van der Waals surface area contributed by atoms with E-state index >= 15 is 0 Å². The zero-order valence-corrected chi connectivity index (χ0v) is 16.6. The molecule has 3 aromatic rings. The first-order valence-corrected chi connectivity index (χ1v) is 10.0. The van der Waals surface area contributed by atoms with Crippen molar-refractivity contribution in [3.63, 3.8) is 0 Å². The highest BCUT2D eigenvalue weighted by atomic mass is 35.5. The third-order valence-electron chi connectivity index (χ3n) is 4.41. The minimum absolute atomic E-state index is 0.0783. The second kappa shape index (κ2) is 7.93. The quantitative estimate of drug-likeness (QED) is 0.695. The zero-order valence-electron chi connectivity index (χ0n) is 14.2. The van der Waals surface area contributed by atoms with E-state index in [2.05, 4.69) is 25.3 Å². The van der Waals surface area contributed by atoms with Gasteiger partial charge in [-0.15, -0.1) is 10.2 Å². The molecule has 1 aliphatic rings. The van der Waals surface area contributed by atoms with Gasteiger partial charge in [0, 0.05) is 31.6 Å². The Morgan fingerprint density at radius 2 is 1.89 bits per heavy atom. The first-order chi connectivity index (χ1) is 13.1. The number of carbonyl (C=O) groups excluding carboxylic acids is 1. The molecule has 2 aromatic heterocycles. The predicted molar refractivity (Wildman–Crippen MR) is 109 cm³/mol. The van der Waals surface area contributed by atoms with Gasteiger partial charge in [0.1, 0.15) is 11.3 Å². The summed E-state index contributed by atoms with van der Waals surface area (Å²) in [6.07, 6.45) is 0. The molecule has 7 nitrogen and oxygen atoms in total. The van der Waals surface area contributed by atoms with Gasteiger partial charge < -0.3 is 4.90 Å². The predicted octanol–water partition coefficient (Wildman–Crippen LogP) is 3.15. The van der Waals surface area contributed by atoms with Crippen molar-refractivity contribution in [2.75, 3.05) is 42.9 Å². The number of anilines is 2. The smallest absolute Gasteiger partial charge is 0.240 e. The number of piperazine rings is 1. The van der Waals surface area contributed by atoms with Gasteiger partial charge in [0.05, 0.1) is 22.1 Å². The molecule has 0 atom stereocenters. The number of halogens is 2. The van der Waals surface area contributed by atoms with Crippen molar-refractivity contribution in [3.05, 3.63) is 39.8 Å². The summed E-state index contributed by atoms with van der Waals surface area (Å²) in [4.78, 5) is 21.1. The number of nitrogens with one attached hydrogen (secondary N) is 1. The summed E-state index contributed by atoms with van der Waals surface area (Å²) in [5, 5.41) is 12.9. The first kappa shape index (κ1) is 18.4. The lowest BCUT2D eigenvalue weighted by Gasteiger charge is -2.35. The van der Waals surface area contributed by atoms with Gasteiger partial charge in [-0.3, -0.25) is 15.0 Å². The molecule has 1 N–H and O–H groups in total. The number of nitrogens with zero attached hydrogens (tertiary/aromatic N) is 5. The van der Waals surface area contributed by atoms with Crippen molar-refractivity contribution in [2.24, 2.45) is 0 Å². The fourth-order valence-corrected chi connectivity index (χ4v) is 3.92. The van der Waals surface area contributed by atoms with Crippen LogP contribution in [0.3, 0.4) is 0 Å². The Labute approximate surface area is 169 Å². The summed E-state index contributed by atoms with van der Waals surface area (Å²) in [5.74, 6) is 0.787. The highest BCUT2D eigenvalue weighted by Crippen LogP contribution is 2.30. The first-order valence-electron chi connectivity index (χ1n) is 8.38. The average molecular weight is 423 g/mol. The van der Waals surface area contributed by atoms with Crippen LogP contribution < -0.4 is 10.2 Å². The Balaban J connectivity index is 1.38. The summed E-state index contributed by atoms with van der Waals surface area (Å²) in [6.45, 7) is 3.44. The molecule has 140 valence electrons. The Morgan fingerprint density at radius 1 is 1.11 bits per heavy atom.